The van der Waals surface area contributed by atoms with E-state index in [1.807, 2.05) is 18.3 Å². The topological polar surface area (TPSA) is 59.0 Å². The summed E-state index contributed by atoms with van der Waals surface area (Å²) in [5.41, 5.74) is 1.91. The Morgan fingerprint density at radius 1 is 0.449 bits per heavy atom. The molecule has 49 heavy (non-hydrogen) atoms. The zero-order chi connectivity index (χ0) is 34.4. The van der Waals surface area contributed by atoms with E-state index in [4.69, 9.17) is 28.7 Å². The first kappa shape index (κ1) is 36.1. The van der Waals surface area contributed by atoms with E-state index in [1.165, 1.54) is 0 Å². The molecule has 262 valence electrons. The Hall–Kier alpha value is -4.19. The fourth-order valence-electron chi connectivity index (χ4n) is 6.01. The molecule has 6 heteroatoms. The normalized spacial score (nSPS) is 11.4. The maximum atomic E-state index is 6.47. The average molecular weight is 666 g/mol. The lowest BCUT2D eigenvalue weighted by atomic mass is 9.89. The monoisotopic (exact) mass is 665 g/mol. The number of hydrogen-bond donors (Lipinski definition) is 0. The molecule has 0 saturated carbocycles. The molecular formula is C43H55NO5. The molecule has 5 rings (SSSR count). The smallest absolute Gasteiger partial charge is 0.161 e. The van der Waals surface area contributed by atoms with Gasteiger partial charge >= 0.3 is 0 Å². The first-order valence-corrected chi connectivity index (χ1v) is 18.7. The van der Waals surface area contributed by atoms with Gasteiger partial charge in [0.1, 0.15) is 5.75 Å². The Morgan fingerprint density at radius 2 is 0.857 bits per heavy atom. The molecule has 4 aromatic carbocycles. The van der Waals surface area contributed by atoms with Crippen LogP contribution in [0.25, 0.3) is 43.6 Å². The molecule has 0 atom stereocenters. The van der Waals surface area contributed by atoms with Crippen molar-refractivity contribution in [2.45, 2.75) is 98.8 Å². The second-order valence-electron chi connectivity index (χ2n) is 12.8. The molecule has 0 aliphatic carbocycles. The van der Waals surface area contributed by atoms with Crippen molar-refractivity contribution in [2.75, 3.05) is 33.0 Å². The van der Waals surface area contributed by atoms with Crippen LogP contribution in [0, 0.1) is 0 Å². The van der Waals surface area contributed by atoms with Crippen LogP contribution < -0.4 is 23.7 Å². The molecule has 0 N–H and O–H groups in total. The van der Waals surface area contributed by atoms with Crippen molar-refractivity contribution in [2.24, 2.45) is 0 Å². The summed E-state index contributed by atoms with van der Waals surface area (Å²) in [6.45, 7) is 14.1. The average Bonchev–Trinajstić information content (AvgIpc) is 3.12. The third kappa shape index (κ3) is 8.89. The number of aromatic nitrogens is 1. The van der Waals surface area contributed by atoms with Crippen LogP contribution in [-0.4, -0.2) is 38.0 Å². The van der Waals surface area contributed by atoms with Crippen LogP contribution in [0.5, 0.6) is 28.7 Å². The van der Waals surface area contributed by atoms with E-state index in [0.29, 0.717) is 33.0 Å². The number of rotatable bonds is 21. The van der Waals surface area contributed by atoms with Crippen molar-refractivity contribution in [1.29, 1.82) is 0 Å². The minimum Gasteiger partial charge on any atom is -0.494 e. The molecule has 0 amide bonds. The second kappa shape index (κ2) is 18.5. The van der Waals surface area contributed by atoms with E-state index < -0.39 is 0 Å². The largest absolute Gasteiger partial charge is 0.494 e. The summed E-state index contributed by atoms with van der Waals surface area (Å²) in [5.74, 6) is 3.92. The van der Waals surface area contributed by atoms with E-state index in [0.717, 1.165) is 137 Å². The predicted octanol–water partition coefficient (Wildman–Crippen LogP) is 12.1. The van der Waals surface area contributed by atoms with E-state index in [1.54, 1.807) is 0 Å². The molecule has 0 radical (unpaired) electrons. The van der Waals surface area contributed by atoms with E-state index in [-0.39, 0.29) is 0 Å². The van der Waals surface area contributed by atoms with E-state index in [9.17, 15) is 0 Å². The van der Waals surface area contributed by atoms with Crippen molar-refractivity contribution < 1.29 is 23.7 Å². The highest BCUT2D eigenvalue weighted by Crippen LogP contribution is 2.48. The number of benzene rings is 4. The zero-order valence-electron chi connectivity index (χ0n) is 30.4. The van der Waals surface area contributed by atoms with Crippen LogP contribution in [-0.2, 0) is 0 Å². The van der Waals surface area contributed by atoms with Crippen molar-refractivity contribution in [1.82, 2.24) is 4.98 Å². The van der Waals surface area contributed by atoms with Crippen LogP contribution >= 0.6 is 0 Å². The van der Waals surface area contributed by atoms with Crippen LogP contribution in [0.15, 0.2) is 60.8 Å². The van der Waals surface area contributed by atoms with Crippen LogP contribution in [0.1, 0.15) is 98.8 Å². The Kier molecular flexibility index (Phi) is 13.7. The molecule has 0 aliphatic heterocycles. The predicted molar refractivity (Wildman–Crippen MR) is 204 cm³/mol. The van der Waals surface area contributed by atoms with Gasteiger partial charge in [-0.2, -0.15) is 0 Å². The molecule has 6 nitrogen and oxygen atoms in total. The van der Waals surface area contributed by atoms with Crippen LogP contribution in [0.4, 0.5) is 0 Å². The Morgan fingerprint density at radius 3 is 1.29 bits per heavy atom. The molecule has 0 unspecified atom stereocenters. The summed E-state index contributed by atoms with van der Waals surface area (Å²) < 4.78 is 32.2. The molecule has 5 aromatic rings. The maximum Gasteiger partial charge on any atom is 0.161 e. The zero-order valence-corrected chi connectivity index (χ0v) is 30.4. The number of fused-ring (bicyclic) bond motifs is 6. The van der Waals surface area contributed by atoms with Gasteiger partial charge in [0.2, 0.25) is 0 Å². The fourth-order valence-corrected chi connectivity index (χ4v) is 6.01. The first-order valence-electron chi connectivity index (χ1n) is 18.7. The third-order valence-corrected chi connectivity index (χ3v) is 8.86. The van der Waals surface area contributed by atoms with Gasteiger partial charge in [0.25, 0.3) is 0 Å². The van der Waals surface area contributed by atoms with E-state index >= 15 is 0 Å². The molecule has 0 aliphatic rings. The summed E-state index contributed by atoms with van der Waals surface area (Å²) in [6.07, 6.45) is 12.0. The maximum absolute atomic E-state index is 6.47. The van der Waals surface area contributed by atoms with Gasteiger partial charge in [0.15, 0.2) is 23.0 Å². The van der Waals surface area contributed by atoms with Crippen LogP contribution in [0.2, 0.25) is 0 Å². The molecule has 1 heterocycles. The molecule has 1 aromatic heterocycles. The third-order valence-electron chi connectivity index (χ3n) is 8.86. The lowest BCUT2D eigenvalue weighted by Crippen LogP contribution is -2.04. The lowest BCUT2D eigenvalue weighted by Gasteiger charge is -2.21. The number of hydrogen-bond acceptors (Lipinski definition) is 6. The quantitative estimate of drug-likeness (QED) is 0.0574. The number of ether oxygens (including phenoxy) is 5. The summed E-state index contributed by atoms with van der Waals surface area (Å²) in [6, 6.07) is 19.1. The highest BCUT2D eigenvalue weighted by molar-refractivity contribution is 6.29. The molecule has 0 bridgehead atoms. The molecule has 0 fully saturated rings. The van der Waals surface area contributed by atoms with Gasteiger partial charge in [-0.3, -0.25) is 4.98 Å². The van der Waals surface area contributed by atoms with Gasteiger partial charge in [-0.05, 0) is 113 Å². The first-order chi connectivity index (χ1) is 24.1. The molecular weight excluding hydrogens is 610 g/mol. The van der Waals surface area contributed by atoms with Gasteiger partial charge in [-0.15, -0.1) is 0 Å². The minimum atomic E-state index is 0.633. The molecule has 0 spiro atoms. The second-order valence-corrected chi connectivity index (χ2v) is 12.8. The van der Waals surface area contributed by atoms with E-state index in [2.05, 4.69) is 77.1 Å². The number of unbranched alkanes of at least 4 members (excludes halogenated alkanes) is 5. The highest BCUT2D eigenvalue weighted by Gasteiger charge is 2.21. The van der Waals surface area contributed by atoms with Crippen molar-refractivity contribution >= 4 is 32.3 Å². The van der Waals surface area contributed by atoms with Crippen LogP contribution in [0.3, 0.4) is 0 Å². The summed E-state index contributed by atoms with van der Waals surface area (Å²) >= 11 is 0. The van der Waals surface area contributed by atoms with Gasteiger partial charge in [0.05, 0.1) is 38.7 Å². The van der Waals surface area contributed by atoms with Gasteiger partial charge in [-0.1, -0.05) is 72.8 Å². The van der Waals surface area contributed by atoms with Crippen molar-refractivity contribution in [3.63, 3.8) is 0 Å². The van der Waals surface area contributed by atoms with Crippen molar-refractivity contribution in [3.05, 3.63) is 60.8 Å². The lowest BCUT2D eigenvalue weighted by molar-refractivity contribution is 0.262. The van der Waals surface area contributed by atoms with Gasteiger partial charge in [0, 0.05) is 11.8 Å². The Balaban J connectivity index is 1.88. The summed E-state index contributed by atoms with van der Waals surface area (Å²) in [4.78, 5) is 4.84. The summed E-state index contributed by atoms with van der Waals surface area (Å²) in [7, 11) is 0. The summed E-state index contributed by atoms with van der Waals surface area (Å²) in [5, 5.41) is 6.50. The molecule has 0 saturated heterocycles. The standard InChI is InChI=1S/C43H55NO5/c1-6-11-20-45-31-25-35-33-28-40(47-22-13-8-3)39(46-21-12-7-2)27-32(33)34-29-41(48-23-14-9-4)42(49-24-15-10-5)30-36(34)43(35)37(26-31)38-18-16-17-19-44-38/h16-19,25-30H,6-15,20-24H2,1-5H3. The number of nitrogens with zero attached hydrogens (tertiary/aromatic N) is 1. The minimum absolute atomic E-state index is 0.633. The van der Waals surface area contributed by atoms with Gasteiger partial charge in [-0.25, -0.2) is 0 Å². The van der Waals surface area contributed by atoms with Crippen molar-refractivity contribution in [3.8, 4) is 40.0 Å². The Bertz CT molecular complexity index is 1740. The number of pyridine rings is 1. The Labute approximate surface area is 293 Å². The SMILES string of the molecule is CCCCOc1cc(-c2ccccn2)c2c(c1)c1cc(OCCCC)c(OCCCC)cc1c1cc(OCCCC)c(OCCCC)cc12. The highest BCUT2D eigenvalue weighted by atomic mass is 16.5. The van der Waals surface area contributed by atoms with Gasteiger partial charge < -0.3 is 23.7 Å². The fraction of sp³-hybridized carbons (Fsp3) is 0.465.